The minimum absolute atomic E-state index is 0.676. The Kier molecular flexibility index (Phi) is 5.60. The molecule has 44 heavy (non-hydrogen) atoms. The maximum atomic E-state index is 6.40. The second-order valence-electron chi connectivity index (χ2n) is 11.3. The van der Waals surface area contributed by atoms with Crippen LogP contribution in [0.25, 0.3) is 77.7 Å². The molecule has 0 saturated heterocycles. The predicted octanol–water partition coefficient (Wildman–Crippen LogP) is 10.5. The van der Waals surface area contributed by atoms with Gasteiger partial charge in [0.1, 0.15) is 11.2 Å². The number of nitrogens with zero attached hydrogens (tertiary/aromatic N) is 3. The van der Waals surface area contributed by atoms with Crippen LogP contribution in [0.15, 0.2) is 144 Å². The molecule has 0 fully saturated rings. The van der Waals surface area contributed by atoms with Crippen LogP contribution in [-0.2, 0) is 0 Å². The van der Waals surface area contributed by atoms with Crippen LogP contribution in [0.4, 0.5) is 0 Å². The lowest BCUT2D eigenvalue weighted by molar-refractivity contribution is 0.670. The van der Waals surface area contributed by atoms with Gasteiger partial charge in [0.2, 0.25) is 5.95 Å². The minimum Gasteiger partial charge on any atom is -0.455 e. The van der Waals surface area contributed by atoms with E-state index in [0.717, 1.165) is 84.7 Å². The van der Waals surface area contributed by atoms with Crippen molar-refractivity contribution in [1.29, 1.82) is 0 Å². The molecule has 1 aliphatic rings. The average Bonchev–Trinajstić information content (AvgIpc) is 3.64. The molecule has 4 heteroatoms. The fourth-order valence-corrected chi connectivity index (χ4v) is 6.60. The van der Waals surface area contributed by atoms with E-state index in [1.807, 2.05) is 18.2 Å². The van der Waals surface area contributed by atoms with E-state index in [9.17, 15) is 0 Å². The number of fused-ring (bicyclic) bond motifs is 6. The Hall–Kier alpha value is -5.74. The van der Waals surface area contributed by atoms with Gasteiger partial charge in [-0.05, 0) is 54.3 Å². The van der Waals surface area contributed by atoms with Crippen LogP contribution < -0.4 is 0 Å². The summed E-state index contributed by atoms with van der Waals surface area (Å²) in [5, 5.41) is 4.58. The summed E-state index contributed by atoms with van der Waals surface area (Å²) in [5.41, 5.74) is 10.4. The van der Waals surface area contributed by atoms with Crippen molar-refractivity contribution >= 4 is 49.3 Å². The first-order chi connectivity index (χ1) is 21.8. The summed E-state index contributed by atoms with van der Waals surface area (Å²) in [7, 11) is 0. The molecule has 3 aromatic heterocycles. The van der Waals surface area contributed by atoms with Gasteiger partial charge >= 0.3 is 0 Å². The van der Waals surface area contributed by atoms with E-state index >= 15 is 0 Å². The van der Waals surface area contributed by atoms with Gasteiger partial charge in [-0.25, -0.2) is 9.97 Å². The average molecular weight is 566 g/mol. The Morgan fingerprint density at radius 3 is 2.25 bits per heavy atom. The highest BCUT2D eigenvalue weighted by Crippen LogP contribution is 2.39. The normalized spacial score (nSPS) is 13.3. The van der Waals surface area contributed by atoms with Crippen LogP contribution in [-0.4, -0.2) is 14.5 Å². The monoisotopic (exact) mass is 565 g/mol. The first-order valence-electron chi connectivity index (χ1n) is 15.1. The number of furan rings is 1. The van der Waals surface area contributed by atoms with Crippen LogP contribution in [0.1, 0.15) is 18.5 Å². The summed E-state index contributed by atoms with van der Waals surface area (Å²) in [6.45, 7) is 0. The first kappa shape index (κ1) is 24.8. The van der Waals surface area contributed by atoms with Gasteiger partial charge < -0.3 is 4.42 Å². The maximum absolute atomic E-state index is 6.40. The molecule has 4 nitrogen and oxygen atoms in total. The Bertz CT molecular complexity index is 2440. The molecule has 0 spiro atoms. The summed E-state index contributed by atoms with van der Waals surface area (Å²) < 4.78 is 8.62. The molecule has 3 heterocycles. The first-order valence-corrected chi connectivity index (χ1v) is 15.1. The van der Waals surface area contributed by atoms with E-state index in [2.05, 4.69) is 126 Å². The molecule has 0 aliphatic heterocycles. The highest BCUT2D eigenvalue weighted by Gasteiger charge is 2.19. The van der Waals surface area contributed by atoms with Gasteiger partial charge in [-0.3, -0.25) is 4.57 Å². The predicted molar refractivity (Wildman–Crippen MR) is 181 cm³/mol. The lowest BCUT2D eigenvalue weighted by Crippen LogP contribution is -2.05. The number of benzene rings is 5. The molecule has 1 aliphatic carbocycles. The zero-order valence-electron chi connectivity index (χ0n) is 23.9. The van der Waals surface area contributed by atoms with Crippen molar-refractivity contribution in [3.63, 3.8) is 0 Å². The van der Waals surface area contributed by atoms with E-state index in [0.29, 0.717) is 5.95 Å². The van der Waals surface area contributed by atoms with E-state index in [1.165, 1.54) is 5.57 Å². The van der Waals surface area contributed by atoms with Crippen LogP contribution in [0, 0.1) is 0 Å². The van der Waals surface area contributed by atoms with Gasteiger partial charge in [0.15, 0.2) is 0 Å². The van der Waals surface area contributed by atoms with Gasteiger partial charge in [0.25, 0.3) is 0 Å². The lowest BCUT2D eigenvalue weighted by atomic mass is 10.0. The van der Waals surface area contributed by atoms with Gasteiger partial charge in [-0.1, -0.05) is 109 Å². The standard InChI is InChI=1S/C40H27N3O/c1-3-12-26(13-4-1)34-25-35(27-14-5-2-6-15-27)42-40(41-34)43-36-20-9-7-16-30(36)33-24-28(22-23-37(33)43)29-18-11-19-32-31-17-8-10-21-38(31)44-39(29)32/h1-5,7-14,16-25H,6,15H2. The van der Waals surface area contributed by atoms with E-state index in [-0.39, 0.29) is 0 Å². The summed E-state index contributed by atoms with van der Waals surface area (Å²) in [6, 6.07) is 42.4. The molecule has 5 aromatic carbocycles. The molecule has 0 saturated carbocycles. The summed E-state index contributed by atoms with van der Waals surface area (Å²) in [5.74, 6) is 0.676. The molecular weight excluding hydrogens is 538 g/mol. The Labute approximate surface area is 254 Å². The molecule has 8 aromatic rings. The van der Waals surface area contributed by atoms with Crippen molar-refractivity contribution in [2.24, 2.45) is 0 Å². The third kappa shape index (κ3) is 3.92. The third-order valence-corrected chi connectivity index (χ3v) is 8.71. The Morgan fingerprint density at radius 2 is 1.36 bits per heavy atom. The molecule has 0 amide bonds. The van der Waals surface area contributed by atoms with Crippen molar-refractivity contribution in [3.8, 4) is 28.3 Å². The smallest absolute Gasteiger partial charge is 0.235 e. The highest BCUT2D eigenvalue weighted by molar-refractivity contribution is 6.13. The largest absolute Gasteiger partial charge is 0.455 e. The summed E-state index contributed by atoms with van der Waals surface area (Å²) in [4.78, 5) is 10.4. The number of hydrogen-bond acceptors (Lipinski definition) is 3. The number of rotatable bonds is 4. The van der Waals surface area contributed by atoms with Crippen LogP contribution in [0.2, 0.25) is 0 Å². The number of allylic oxidation sites excluding steroid dienone is 4. The quantitative estimate of drug-likeness (QED) is 0.213. The highest BCUT2D eigenvalue weighted by atomic mass is 16.3. The summed E-state index contributed by atoms with van der Waals surface area (Å²) in [6.07, 6.45) is 8.50. The van der Waals surface area contributed by atoms with Crippen LogP contribution in [0.5, 0.6) is 0 Å². The van der Waals surface area contributed by atoms with Crippen LogP contribution in [0.3, 0.4) is 0 Å². The van der Waals surface area contributed by atoms with Crippen molar-refractivity contribution < 1.29 is 4.42 Å². The van der Waals surface area contributed by atoms with Crippen molar-refractivity contribution in [2.75, 3.05) is 0 Å². The van der Waals surface area contributed by atoms with Crippen molar-refractivity contribution in [1.82, 2.24) is 14.5 Å². The van der Waals surface area contributed by atoms with E-state index in [4.69, 9.17) is 14.4 Å². The van der Waals surface area contributed by atoms with E-state index < -0.39 is 0 Å². The molecule has 9 rings (SSSR count). The van der Waals surface area contributed by atoms with Gasteiger partial charge in [0, 0.05) is 32.7 Å². The van der Waals surface area contributed by atoms with Gasteiger partial charge in [-0.15, -0.1) is 0 Å². The Morgan fingerprint density at radius 1 is 0.591 bits per heavy atom. The van der Waals surface area contributed by atoms with Crippen molar-refractivity contribution in [3.05, 3.63) is 145 Å². The second kappa shape index (κ2) is 9.92. The molecule has 0 atom stereocenters. The second-order valence-corrected chi connectivity index (χ2v) is 11.3. The molecule has 208 valence electrons. The molecular formula is C40H27N3O. The van der Waals surface area contributed by atoms with Crippen molar-refractivity contribution in [2.45, 2.75) is 12.8 Å². The summed E-state index contributed by atoms with van der Waals surface area (Å²) >= 11 is 0. The fraction of sp³-hybridized carbons (Fsp3) is 0.0500. The Balaban J connectivity index is 1.29. The van der Waals surface area contributed by atoms with Gasteiger partial charge in [-0.2, -0.15) is 0 Å². The maximum Gasteiger partial charge on any atom is 0.235 e. The van der Waals surface area contributed by atoms with Gasteiger partial charge in [0.05, 0.1) is 22.4 Å². The minimum atomic E-state index is 0.676. The third-order valence-electron chi connectivity index (χ3n) is 8.71. The number of hydrogen-bond donors (Lipinski definition) is 0. The topological polar surface area (TPSA) is 43.9 Å². The SMILES string of the molecule is C1=CCCC(c2cc(-c3ccccc3)nc(-n3c4ccccc4c4cc(-c5cccc6c5oc5ccccc56)ccc43)n2)=C1. The molecule has 0 radical (unpaired) electrons. The number of aromatic nitrogens is 3. The number of para-hydroxylation sites is 3. The molecule has 0 unspecified atom stereocenters. The lowest BCUT2D eigenvalue weighted by Gasteiger charge is -2.14. The zero-order chi connectivity index (χ0) is 29.0. The molecule has 0 bridgehead atoms. The van der Waals surface area contributed by atoms with Crippen LogP contribution >= 0.6 is 0 Å². The molecule has 0 N–H and O–H groups in total. The fourth-order valence-electron chi connectivity index (χ4n) is 6.60. The zero-order valence-corrected chi connectivity index (χ0v) is 23.9. The van der Waals surface area contributed by atoms with E-state index in [1.54, 1.807) is 0 Å².